The van der Waals surface area contributed by atoms with E-state index in [9.17, 15) is 4.79 Å². The lowest BCUT2D eigenvalue weighted by Crippen LogP contribution is -2.64. The molecule has 0 unspecified atom stereocenters. The Morgan fingerprint density at radius 3 is 1.89 bits per heavy atom. The summed E-state index contributed by atoms with van der Waals surface area (Å²) in [5.74, 6) is 3.44. The Bertz CT molecular complexity index is 376. The predicted octanol–water partition coefficient (Wildman–Crippen LogP) is 2.48. The molecular weight excluding hydrogens is 238 g/mol. The molecule has 5 fully saturated rings. The highest BCUT2D eigenvalue weighted by Crippen LogP contribution is 2.66. The number of nitrogens with two attached hydrogens (primary N) is 1. The summed E-state index contributed by atoms with van der Waals surface area (Å²) >= 11 is 0. The fourth-order valence-electron chi connectivity index (χ4n) is 6.30. The number of ether oxygens (including phenoxy) is 1. The standard InChI is InChI=1S/C16H25NO2/c1-19-14(18)16(17)8-13(9-16)15-5-10-2-11(6-15)4-12(3-10)7-15/h10-13H,2-9,17H2,1H3. The Morgan fingerprint density at radius 2 is 1.47 bits per heavy atom. The Kier molecular flexibility index (Phi) is 2.41. The molecular formula is C16H25NO2. The van der Waals surface area contributed by atoms with E-state index < -0.39 is 5.54 Å². The van der Waals surface area contributed by atoms with E-state index in [0.29, 0.717) is 11.3 Å². The van der Waals surface area contributed by atoms with Crippen molar-refractivity contribution in [3.63, 3.8) is 0 Å². The van der Waals surface area contributed by atoms with Crippen LogP contribution in [0.1, 0.15) is 51.4 Å². The highest BCUT2D eigenvalue weighted by atomic mass is 16.5. The van der Waals surface area contributed by atoms with Gasteiger partial charge in [0.1, 0.15) is 5.54 Å². The molecule has 5 rings (SSSR count). The van der Waals surface area contributed by atoms with Crippen molar-refractivity contribution < 1.29 is 9.53 Å². The van der Waals surface area contributed by atoms with Gasteiger partial charge in [0.2, 0.25) is 0 Å². The first-order valence-electron chi connectivity index (χ1n) is 7.90. The van der Waals surface area contributed by atoms with E-state index in [2.05, 4.69) is 0 Å². The molecule has 3 nitrogen and oxygen atoms in total. The summed E-state index contributed by atoms with van der Waals surface area (Å²) in [7, 11) is 1.45. The van der Waals surface area contributed by atoms with E-state index in [-0.39, 0.29) is 5.97 Å². The van der Waals surface area contributed by atoms with Gasteiger partial charge < -0.3 is 10.5 Å². The van der Waals surface area contributed by atoms with Gasteiger partial charge in [-0.05, 0) is 80.5 Å². The SMILES string of the molecule is COC(=O)C1(N)CC(C23CC4CC(CC(C4)C2)C3)C1. The maximum atomic E-state index is 11.7. The molecule has 0 heterocycles. The van der Waals surface area contributed by atoms with Crippen LogP contribution in [0.4, 0.5) is 0 Å². The summed E-state index contributed by atoms with van der Waals surface area (Å²) < 4.78 is 4.86. The number of carbonyl (C=O) groups excluding carboxylic acids is 1. The van der Waals surface area contributed by atoms with Crippen LogP contribution in [0.25, 0.3) is 0 Å². The van der Waals surface area contributed by atoms with Crippen molar-refractivity contribution in [2.75, 3.05) is 7.11 Å². The Labute approximate surface area is 115 Å². The number of carbonyl (C=O) groups is 1. The summed E-state index contributed by atoms with van der Waals surface area (Å²) in [6.45, 7) is 0. The normalized spacial score (nSPS) is 54.8. The zero-order valence-corrected chi connectivity index (χ0v) is 11.9. The molecule has 0 atom stereocenters. The zero-order valence-electron chi connectivity index (χ0n) is 11.9. The van der Waals surface area contributed by atoms with Crippen molar-refractivity contribution in [3.05, 3.63) is 0 Å². The molecule has 4 bridgehead atoms. The van der Waals surface area contributed by atoms with E-state index in [4.69, 9.17) is 10.5 Å². The van der Waals surface area contributed by atoms with Crippen LogP contribution in [0.5, 0.6) is 0 Å². The second kappa shape index (κ2) is 3.75. The van der Waals surface area contributed by atoms with Gasteiger partial charge in [-0.25, -0.2) is 0 Å². The first kappa shape index (κ1) is 12.2. The molecule has 0 spiro atoms. The van der Waals surface area contributed by atoms with Crippen LogP contribution >= 0.6 is 0 Å². The number of esters is 1. The van der Waals surface area contributed by atoms with Gasteiger partial charge in [-0.1, -0.05) is 0 Å². The van der Waals surface area contributed by atoms with Crippen molar-refractivity contribution >= 4 is 5.97 Å². The van der Waals surface area contributed by atoms with E-state index in [1.165, 1.54) is 45.6 Å². The number of hydrogen-bond acceptors (Lipinski definition) is 3. The third kappa shape index (κ3) is 1.63. The Hall–Kier alpha value is -0.570. The molecule has 0 saturated heterocycles. The fourth-order valence-corrected chi connectivity index (χ4v) is 6.30. The third-order valence-electron chi connectivity index (χ3n) is 6.76. The van der Waals surface area contributed by atoms with Crippen LogP contribution in [0.15, 0.2) is 0 Å². The van der Waals surface area contributed by atoms with Gasteiger partial charge in [0, 0.05) is 0 Å². The Balaban J connectivity index is 1.51. The molecule has 106 valence electrons. The summed E-state index contributed by atoms with van der Waals surface area (Å²) in [6.07, 6.45) is 10.4. The minimum atomic E-state index is -0.664. The Morgan fingerprint density at radius 1 is 1.00 bits per heavy atom. The smallest absolute Gasteiger partial charge is 0.325 e. The fraction of sp³-hybridized carbons (Fsp3) is 0.938. The zero-order chi connectivity index (χ0) is 13.3. The number of methoxy groups -OCH3 is 1. The summed E-state index contributed by atoms with van der Waals surface area (Å²) in [5.41, 5.74) is 6.07. The molecule has 19 heavy (non-hydrogen) atoms. The molecule has 0 amide bonds. The van der Waals surface area contributed by atoms with Crippen LogP contribution in [-0.2, 0) is 9.53 Å². The highest BCUT2D eigenvalue weighted by molar-refractivity contribution is 5.81. The summed E-state index contributed by atoms with van der Waals surface area (Å²) in [6, 6.07) is 0. The van der Waals surface area contributed by atoms with Gasteiger partial charge >= 0.3 is 5.97 Å². The predicted molar refractivity (Wildman–Crippen MR) is 72.3 cm³/mol. The van der Waals surface area contributed by atoms with Gasteiger partial charge in [0.25, 0.3) is 0 Å². The highest BCUT2D eigenvalue weighted by Gasteiger charge is 2.60. The van der Waals surface area contributed by atoms with Crippen LogP contribution in [0, 0.1) is 29.1 Å². The monoisotopic (exact) mass is 263 g/mol. The van der Waals surface area contributed by atoms with Gasteiger partial charge in [0.15, 0.2) is 0 Å². The maximum Gasteiger partial charge on any atom is 0.325 e. The molecule has 0 aromatic rings. The average molecular weight is 263 g/mol. The van der Waals surface area contributed by atoms with Crippen molar-refractivity contribution in [2.24, 2.45) is 34.8 Å². The van der Waals surface area contributed by atoms with E-state index in [1.54, 1.807) is 0 Å². The lowest BCUT2D eigenvalue weighted by molar-refractivity contribution is -0.164. The van der Waals surface area contributed by atoms with Gasteiger partial charge in [-0.3, -0.25) is 4.79 Å². The number of hydrogen-bond donors (Lipinski definition) is 1. The molecule has 0 aliphatic heterocycles. The third-order valence-corrected chi connectivity index (χ3v) is 6.76. The topological polar surface area (TPSA) is 52.3 Å². The lowest BCUT2D eigenvalue weighted by atomic mass is 9.42. The molecule has 0 aromatic carbocycles. The molecule has 0 radical (unpaired) electrons. The van der Waals surface area contributed by atoms with Crippen molar-refractivity contribution in [1.82, 2.24) is 0 Å². The molecule has 5 aliphatic carbocycles. The minimum absolute atomic E-state index is 0.200. The van der Waals surface area contributed by atoms with E-state index in [1.807, 2.05) is 0 Å². The first-order valence-corrected chi connectivity index (χ1v) is 7.90. The quantitative estimate of drug-likeness (QED) is 0.779. The molecule has 5 aliphatic rings. The lowest BCUT2D eigenvalue weighted by Gasteiger charge is -2.63. The second-order valence-corrected chi connectivity index (χ2v) is 8.03. The number of rotatable bonds is 2. The van der Waals surface area contributed by atoms with E-state index >= 15 is 0 Å². The van der Waals surface area contributed by atoms with Crippen molar-refractivity contribution in [3.8, 4) is 0 Å². The van der Waals surface area contributed by atoms with Crippen LogP contribution in [0.2, 0.25) is 0 Å². The molecule has 3 heteroatoms. The first-order chi connectivity index (χ1) is 9.03. The maximum absolute atomic E-state index is 11.7. The summed E-state index contributed by atoms with van der Waals surface area (Å²) in [4.78, 5) is 11.7. The largest absolute Gasteiger partial charge is 0.468 e. The van der Waals surface area contributed by atoms with Gasteiger partial charge in [0.05, 0.1) is 7.11 Å². The van der Waals surface area contributed by atoms with Crippen molar-refractivity contribution in [1.29, 1.82) is 0 Å². The van der Waals surface area contributed by atoms with Crippen molar-refractivity contribution in [2.45, 2.75) is 56.9 Å². The summed E-state index contributed by atoms with van der Waals surface area (Å²) in [5, 5.41) is 0. The molecule has 2 N–H and O–H groups in total. The van der Waals surface area contributed by atoms with Crippen LogP contribution in [0.3, 0.4) is 0 Å². The molecule has 5 saturated carbocycles. The molecule has 0 aromatic heterocycles. The van der Waals surface area contributed by atoms with Crippen LogP contribution in [-0.4, -0.2) is 18.6 Å². The second-order valence-electron chi connectivity index (χ2n) is 8.03. The average Bonchev–Trinajstić information content (AvgIpc) is 2.32. The minimum Gasteiger partial charge on any atom is -0.468 e. The van der Waals surface area contributed by atoms with Crippen LogP contribution < -0.4 is 5.73 Å². The van der Waals surface area contributed by atoms with Gasteiger partial charge in [-0.15, -0.1) is 0 Å². The van der Waals surface area contributed by atoms with E-state index in [0.717, 1.165) is 30.6 Å². The van der Waals surface area contributed by atoms with Gasteiger partial charge in [-0.2, -0.15) is 0 Å².